The van der Waals surface area contributed by atoms with Gasteiger partial charge >= 0.3 is 0 Å². The first-order chi connectivity index (χ1) is 14.8. The van der Waals surface area contributed by atoms with Crippen LogP contribution in [0.1, 0.15) is 42.1 Å². The normalized spacial score (nSPS) is 19.2. The van der Waals surface area contributed by atoms with Crippen molar-refractivity contribution in [2.75, 3.05) is 32.2 Å². The number of hydrogen-bond donors (Lipinski definition) is 0. The van der Waals surface area contributed by atoms with Crippen LogP contribution in [-0.2, 0) is 16.4 Å². The summed E-state index contributed by atoms with van der Waals surface area (Å²) < 4.78 is 38.3. The van der Waals surface area contributed by atoms with Crippen LogP contribution in [0.4, 0.5) is 5.69 Å². The molecule has 0 aliphatic carbocycles. The first-order valence-electron chi connectivity index (χ1n) is 10.5. The minimum atomic E-state index is -3.51. The highest BCUT2D eigenvalue weighted by atomic mass is 32.2. The molecule has 2 aliphatic heterocycles. The summed E-state index contributed by atoms with van der Waals surface area (Å²) in [6, 6.07) is 10.1. The van der Waals surface area contributed by atoms with Gasteiger partial charge in [-0.1, -0.05) is 6.42 Å². The Bertz CT molecular complexity index is 1070. The molecular formula is C23H28N2O5S. The van der Waals surface area contributed by atoms with E-state index in [1.165, 1.54) is 0 Å². The van der Waals surface area contributed by atoms with E-state index >= 15 is 0 Å². The van der Waals surface area contributed by atoms with Gasteiger partial charge in [-0.05, 0) is 62.1 Å². The van der Waals surface area contributed by atoms with Crippen molar-refractivity contribution in [3.63, 3.8) is 0 Å². The maximum atomic E-state index is 13.4. The van der Waals surface area contributed by atoms with Gasteiger partial charge in [0.15, 0.2) is 0 Å². The number of hydrogen-bond acceptors (Lipinski definition) is 5. The largest absolute Gasteiger partial charge is 0.497 e. The number of ether oxygens (including phenoxy) is 2. The summed E-state index contributed by atoms with van der Waals surface area (Å²) in [6.07, 6.45) is 3.46. The van der Waals surface area contributed by atoms with Gasteiger partial charge in [-0.2, -0.15) is 4.31 Å². The molecule has 1 saturated heterocycles. The predicted octanol–water partition coefficient (Wildman–Crippen LogP) is 3.47. The maximum absolute atomic E-state index is 13.4. The summed E-state index contributed by atoms with van der Waals surface area (Å²) in [7, 11) is -0.427. The molecule has 1 fully saturated rings. The first kappa shape index (κ1) is 21.6. The molecule has 0 aromatic heterocycles. The van der Waals surface area contributed by atoms with E-state index in [0.29, 0.717) is 41.5 Å². The number of carbonyl (C=O) groups excluding carboxylic acids is 1. The lowest BCUT2D eigenvalue weighted by Gasteiger charge is -2.26. The SMILES string of the molecule is COc1cc(OC)cc(C(=O)N2c3ccc(S(=O)(=O)N4CCCCC4)cc3CC2C)c1. The highest BCUT2D eigenvalue weighted by Crippen LogP contribution is 2.36. The standard InChI is InChI=1S/C23H28N2O5S/c1-16-11-17-14-21(31(27,28)24-9-5-4-6-10-24)7-8-22(17)25(16)23(26)18-12-19(29-2)15-20(13-18)30-3/h7-8,12-16H,4-6,9-11H2,1-3H3. The number of nitrogens with zero attached hydrogens (tertiary/aromatic N) is 2. The molecule has 1 amide bonds. The van der Waals surface area contributed by atoms with Crippen molar-refractivity contribution in [3.8, 4) is 11.5 Å². The number of piperidine rings is 1. The third-order valence-electron chi connectivity index (χ3n) is 6.04. The van der Waals surface area contributed by atoms with Gasteiger partial charge in [0.2, 0.25) is 10.0 Å². The summed E-state index contributed by atoms with van der Waals surface area (Å²) in [4.78, 5) is 15.4. The van der Waals surface area contributed by atoms with Gasteiger partial charge in [-0.3, -0.25) is 4.79 Å². The molecule has 4 rings (SSSR count). The Morgan fingerprint density at radius 3 is 2.23 bits per heavy atom. The van der Waals surface area contributed by atoms with E-state index in [4.69, 9.17) is 9.47 Å². The van der Waals surface area contributed by atoms with Crippen molar-refractivity contribution < 1.29 is 22.7 Å². The number of benzene rings is 2. The summed E-state index contributed by atoms with van der Waals surface area (Å²) >= 11 is 0. The molecule has 166 valence electrons. The van der Waals surface area contributed by atoms with E-state index in [2.05, 4.69) is 0 Å². The summed E-state index contributed by atoms with van der Waals surface area (Å²) in [6.45, 7) is 3.10. The highest BCUT2D eigenvalue weighted by Gasteiger charge is 2.34. The summed E-state index contributed by atoms with van der Waals surface area (Å²) in [5.74, 6) is 0.908. The number of methoxy groups -OCH3 is 2. The quantitative estimate of drug-likeness (QED) is 0.706. The van der Waals surface area contributed by atoms with Crippen molar-refractivity contribution in [2.45, 2.75) is 43.5 Å². The first-order valence-corrected chi connectivity index (χ1v) is 12.0. The predicted molar refractivity (Wildman–Crippen MR) is 119 cm³/mol. The molecule has 2 aromatic rings. The van der Waals surface area contributed by atoms with Crippen molar-refractivity contribution >= 4 is 21.6 Å². The second-order valence-corrected chi connectivity index (χ2v) is 10.0. The lowest BCUT2D eigenvalue weighted by molar-refractivity contribution is 0.0980. The van der Waals surface area contributed by atoms with E-state index < -0.39 is 10.0 Å². The molecule has 0 saturated carbocycles. The van der Waals surface area contributed by atoms with Crippen molar-refractivity contribution in [3.05, 3.63) is 47.5 Å². The fourth-order valence-corrected chi connectivity index (χ4v) is 5.97. The van der Waals surface area contributed by atoms with Crippen molar-refractivity contribution in [2.24, 2.45) is 0 Å². The Balaban J connectivity index is 1.66. The number of rotatable bonds is 5. The number of amides is 1. The minimum Gasteiger partial charge on any atom is -0.497 e. The lowest BCUT2D eigenvalue weighted by atomic mass is 10.1. The maximum Gasteiger partial charge on any atom is 0.258 e. The van der Waals surface area contributed by atoms with Crippen LogP contribution in [0.3, 0.4) is 0 Å². The zero-order chi connectivity index (χ0) is 22.2. The Kier molecular flexibility index (Phi) is 5.94. The lowest BCUT2D eigenvalue weighted by Crippen LogP contribution is -2.36. The van der Waals surface area contributed by atoms with Gasteiger partial charge in [0.25, 0.3) is 5.91 Å². The van der Waals surface area contributed by atoms with E-state index in [-0.39, 0.29) is 11.9 Å². The third kappa shape index (κ3) is 4.02. The Morgan fingerprint density at radius 1 is 0.968 bits per heavy atom. The van der Waals surface area contributed by atoms with Crippen LogP contribution in [0.15, 0.2) is 41.3 Å². The fraction of sp³-hybridized carbons (Fsp3) is 0.435. The van der Waals surface area contributed by atoms with Gasteiger partial charge < -0.3 is 14.4 Å². The molecule has 2 aliphatic rings. The van der Waals surface area contributed by atoms with Crippen LogP contribution in [0.25, 0.3) is 0 Å². The summed E-state index contributed by atoms with van der Waals surface area (Å²) in [5, 5.41) is 0. The number of fused-ring (bicyclic) bond motifs is 1. The second-order valence-electron chi connectivity index (χ2n) is 8.08. The molecule has 2 aromatic carbocycles. The number of sulfonamides is 1. The van der Waals surface area contributed by atoms with Crippen LogP contribution < -0.4 is 14.4 Å². The van der Waals surface area contributed by atoms with E-state index in [0.717, 1.165) is 30.5 Å². The fourth-order valence-electron chi connectivity index (χ4n) is 4.40. The van der Waals surface area contributed by atoms with Gasteiger partial charge in [0.05, 0.1) is 19.1 Å². The van der Waals surface area contributed by atoms with Gasteiger partial charge in [0.1, 0.15) is 11.5 Å². The monoisotopic (exact) mass is 444 g/mol. The Labute approximate surface area is 183 Å². The molecule has 1 atom stereocenters. The number of anilines is 1. The van der Waals surface area contributed by atoms with Gasteiger partial charge in [-0.25, -0.2) is 8.42 Å². The zero-order valence-corrected chi connectivity index (χ0v) is 18.9. The molecule has 1 unspecified atom stereocenters. The molecule has 7 nitrogen and oxygen atoms in total. The Hall–Kier alpha value is -2.58. The topological polar surface area (TPSA) is 76.1 Å². The molecule has 0 bridgehead atoms. The smallest absolute Gasteiger partial charge is 0.258 e. The summed E-state index contributed by atoms with van der Waals surface area (Å²) in [5.41, 5.74) is 2.08. The third-order valence-corrected chi connectivity index (χ3v) is 7.93. The van der Waals surface area contributed by atoms with Crippen LogP contribution in [-0.4, -0.2) is 52.0 Å². The molecule has 0 spiro atoms. The van der Waals surface area contributed by atoms with E-state index in [9.17, 15) is 13.2 Å². The van der Waals surface area contributed by atoms with E-state index in [1.807, 2.05) is 6.92 Å². The average Bonchev–Trinajstić information content (AvgIpc) is 3.13. The van der Waals surface area contributed by atoms with E-state index in [1.54, 1.807) is 59.8 Å². The minimum absolute atomic E-state index is 0.0902. The number of carbonyl (C=O) groups is 1. The highest BCUT2D eigenvalue weighted by molar-refractivity contribution is 7.89. The molecular weight excluding hydrogens is 416 g/mol. The van der Waals surface area contributed by atoms with Gasteiger partial charge in [-0.15, -0.1) is 0 Å². The molecule has 0 radical (unpaired) electrons. The van der Waals surface area contributed by atoms with Crippen LogP contribution in [0.5, 0.6) is 11.5 Å². The zero-order valence-electron chi connectivity index (χ0n) is 18.1. The van der Waals surface area contributed by atoms with Crippen LogP contribution in [0.2, 0.25) is 0 Å². The molecule has 8 heteroatoms. The molecule has 2 heterocycles. The average molecular weight is 445 g/mol. The van der Waals surface area contributed by atoms with Crippen molar-refractivity contribution in [1.82, 2.24) is 4.31 Å². The van der Waals surface area contributed by atoms with Crippen molar-refractivity contribution in [1.29, 1.82) is 0 Å². The second kappa shape index (κ2) is 8.51. The van der Waals surface area contributed by atoms with Gasteiger partial charge in [0, 0.05) is 36.4 Å². The molecule has 31 heavy (non-hydrogen) atoms. The van der Waals surface area contributed by atoms with Crippen LogP contribution >= 0.6 is 0 Å². The molecule has 0 N–H and O–H groups in total. The Morgan fingerprint density at radius 2 is 1.61 bits per heavy atom. The van der Waals surface area contributed by atoms with Crippen LogP contribution in [0, 0.1) is 0 Å².